The quantitative estimate of drug-likeness (QED) is 0.467. The van der Waals surface area contributed by atoms with Crippen molar-refractivity contribution in [2.45, 2.75) is 58.2 Å². The Hall–Kier alpha value is -1.85. The van der Waals surface area contributed by atoms with E-state index in [-0.39, 0.29) is 34.7 Å². The maximum Gasteiger partial charge on any atom is 0.350 e. The zero-order chi connectivity index (χ0) is 25.8. The Morgan fingerprint density at radius 1 is 1.19 bits per heavy atom. The van der Waals surface area contributed by atoms with Crippen LogP contribution in [0.15, 0.2) is 0 Å². The summed E-state index contributed by atoms with van der Waals surface area (Å²) in [5, 5.41) is 4.37. The van der Waals surface area contributed by atoms with Crippen LogP contribution < -0.4 is 10.2 Å². The van der Waals surface area contributed by atoms with E-state index in [2.05, 4.69) is 20.1 Å². The molecule has 4 rings (SSSR count). The number of aryl methyl sites for hydroxylation is 1. The number of halogens is 2. The number of H-pyrrole nitrogens is 1. The van der Waals surface area contributed by atoms with E-state index in [4.69, 9.17) is 37.7 Å². The zero-order valence-electron chi connectivity index (χ0n) is 20.9. The second-order valence-electron chi connectivity index (χ2n) is 9.17. The lowest BCUT2D eigenvalue weighted by Gasteiger charge is -2.37. The highest BCUT2D eigenvalue weighted by Gasteiger charge is 2.34. The number of esters is 1. The molecule has 0 spiro atoms. The molecule has 0 aromatic carbocycles. The maximum atomic E-state index is 12.9. The number of likely N-dealkylation sites (tertiary alicyclic amines) is 1. The van der Waals surface area contributed by atoms with Crippen LogP contribution in [0, 0.1) is 6.92 Å². The normalized spacial score (nSPS) is 21.0. The molecule has 1 amide bonds. The highest BCUT2D eigenvalue weighted by Crippen LogP contribution is 2.32. The van der Waals surface area contributed by atoms with Gasteiger partial charge in [-0.2, -0.15) is 0 Å². The Kier molecular flexibility index (Phi) is 9.16. The summed E-state index contributed by atoms with van der Waals surface area (Å²) in [6.07, 6.45) is 3.95. The van der Waals surface area contributed by atoms with Gasteiger partial charge in [0.15, 0.2) is 5.13 Å². The molecule has 36 heavy (non-hydrogen) atoms. The monoisotopic (exact) mass is 557 g/mol. The molecule has 0 radical (unpaired) electrons. The van der Waals surface area contributed by atoms with Gasteiger partial charge in [0.05, 0.1) is 34.5 Å². The molecule has 2 aromatic heterocycles. The van der Waals surface area contributed by atoms with Crippen LogP contribution in [0.1, 0.15) is 64.2 Å². The molecule has 2 fully saturated rings. The van der Waals surface area contributed by atoms with Crippen molar-refractivity contribution in [1.82, 2.24) is 20.2 Å². The van der Waals surface area contributed by atoms with Crippen LogP contribution in [-0.2, 0) is 16.0 Å². The molecule has 2 atom stereocenters. The molecule has 2 N–H and O–H groups in total. The van der Waals surface area contributed by atoms with E-state index in [1.54, 1.807) is 14.0 Å². The van der Waals surface area contributed by atoms with Gasteiger partial charge in [0.2, 0.25) is 0 Å². The van der Waals surface area contributed by atoms with Crippen LogP contribution in [0.4, 0.5) is 5.13 Å². The number of amides is 1. The van der Waals surface area contributed by atoms with E-state index in [1.165, 1.54) is 30.6 Å². The molecule has 2 saturated heterocycles. The second-order valence-corrected chi connectivity index (χ2v) is 10.9. The highest BCUT2D eigenvalue weighted by molar-refractivity contribution is 7.17. The van der Waals surface area contributed by atoms with Gasteiger partial charge in [-0.15, -0.1) is 0 Å². The number of anilines is 1. The van der Waals surface area contributed by atoms with Crippen molar-refractivity contribution in [2.75, 3.05) is 44.8 Å². The third-order valence-corrected chi connectivity index (χ3v) is 8.78. The molecule has 2 aliphatic heterocycles. The van der Waals surface area contributed by atoms with Crippen LogP contribution >= 0.6 is 34.5 Å². The Balaban J connectivity index is 1.47. The number of ether oxygens (including phenoxy) is 2. The van der Waals surface area contributed by atoms with Crippen molar-refractivity contribution in [3.63, 3.8) is 0 Å². The number of nitrogens with zero attached hydrogens (tertiary/aromatic N) is 3. The summed E-state index contributed by atoms with van der Waals surface area (Å²) >= 11 is 13.7. The molecule has 0 saturated carbocycles. The number of thiazole rings is 1. The SMILES string of the molecule is CCOC(=O)c1sc(N2CC[C@H](NC(=O)c3[nH]c(C)c(Cl)c3Cl)[C@H](OC)C2)nc1CN1CCCCC1. The smallest absolute Gasteiger partial charge is 0.350 e. The molecular weight excluding hydrogens is 525 g/mol. The van der Waals surface area contributed by atoms with Crippen molar-refractivity contribution in [3.05, 3.63) is 32.0 Å². The van der Waals surface area contributed by atoms with Crippen molar-refractivity contribution >= 4 is 51.5 Å². The maximum absolute atomic E-state index is 12.9. The number of hydrogen-bond donors (Lipinski definition) is 2. The summed E-state index contributed by atoms with van der Waals surface area (Å²) in [5.74, 6) is -0.645. The van der Waals surface area contributed by atoms with Crippen LogP contribution in [0.2, 0.25) is 10.0 Å². The van der Waals surface area contributed by atoms with Gasteiger partial charge >= 0.3 is 5.97 Å². The van der Waals surface area contributed by atoms with Crippen molar-refractivity contribution in [3.8, 4) is 0 Å². The number of piperidine rings is 2. The largest absolute Gasteiger partial charge is 0.462 e. The first-order valence-electron chi connectivity index (χ1n) is 12.3. The third-order valence-electron chi connectivity index (χ3n) is 6.70. The molecule has 9 nitrogen and oxygen atoms in total. The first-order chi connectivity index (χ1) is 17.3. The van der Waals surface area contributed by atoms with E-state index in [0.29, 0.717) is 48.3 Å². The number of hydrogen-bond acceptors (Lipinski definition) is 8. The molecule has 2 aliphatic rings. The van der Waals surface area contributed by atoms with Gasteiger partial charge in [-0.05, 0) is 46.2 Å². The summed E-state index contributed by atoms with van der Waals surface area (Å²) in [4.78, 5) is 38.4. The Labute approximate surface area is 225 Å². The molecule has 0 bridgehead atoms. The number of carbonyl (C=O) groups is 2. The van der Waals surface area contributed by atoms with Gasteiger partial charge in [-0.3, -0.25) is 9.69 Å². The molecule has 2 aromatic rings. The van der Waals surface area contributed by atoms with E-state index in [9.17, 15) is 9.59 Å². The second kappa shape index (κ2) is 12.1. The number of aromatic amines is 1. The van der Waals surface area contributed by atoms with Crippen molar-refractivity contribution < 1.29 is 19.1 Å². The first kappa shape index (κ1) is 27.2. The van der Waals surface area contributed by atoms with Crippen LogP contribution in [0.5, 0.6) is 0 Å². The zero-order valence-corrected chi connectivity index (χ0v) is 23.2. The summed E-state index contributed by atoms with van der Waals surface area (Å²) in [7, 11) is 1.63. The van der Waals surface area contributed by atoms with Gasteiger partial charge in [-0.1, -0.05) is 41.0 Å². The molecule has 12 heteroatoms. The van der Waals surface area contributed by atoms with E-state index < -0.39 is 0 Å². The van der Waals surface area contributed by atoms with E-state index in [0.717, 1.165) is 23.9 Å². The summed E-state index contributed by atoms with van der Waals surface area (Å²) in [6.45, 7) is 7.75. The average molecular weight is 559 g/mol. The fourth-order valence-corrected chi connectivity index (χ4v) is 6.15. The van der Waals surface area contributed by atoms with Gasteiger partial charge in [-0.25, -0.2) is 9.78 Å². The number of rotatable bonds is 8. The lowest BCUT2D eigenvalue weighted by molar-refractivity contribution is 0.0528. The van der Waals surface area contributed by atoms with Gasteiger partial charge in [0.1, 0.15) is 10.6 Å². The number of aromatic nitrogens is 2. The topological polar surface area (TPSA) is 99.8 Å². The Morgan fingerprint density at radius 2 is 1.94 bits per heavy atom. The van der Waals surface area contributed by atoms with Crippen LogP contribution in [0.25, 0.3) is 0 Å². The van der Waals surface area contributed by atoms with Gasteiger partial charge < -0.3 is 24.7 Å². The lowest BCUT2D eigenvalue weighted by atomic mass is 10.0. The molecule has 0 aliphatic carbocycles. The molecule has 4 heterocycles. The Morgan fingerprint density at radius 3 is 2.58 bits per heavy atom. The van der Waals surface area contributed by atoms with Crippen LogP contribution in [0.3, 0.4) is 0 Å². The van der Waals surface area contributed by atoms with Gasteiger partial charge in [0, 0.05) is 32.4 Å². The minimum Gasteiger partial charge on any atom is -0.462 e. The lowest BCUT2D eigenvalue weighted by Crippen LogP contribution is -2.55. The van der Waals surface area contributed by atoms with E-state index in [1.807, 2.05) is 6.92 Å². The minimum atomic E-state index is -0.324. The van der Waals surface area contributed by atoms with Gasteiger partial charge in [0.25, 0.3) is 5.91 Å². The summed E-state index contributed by atoms with van der Waals surface area (Å²) in [5.41, 5.74) is 1.66. The third kappa shape index (κ3) is 5.99. The fourth-order valence-electron chi connectivity index (χ4n) is 4.73. The predicted molar refractivity (Wildman–Crippen MR) is 142 cm³/mol. The predicted octanol–water partition coefficient (Wildman–Crippen LogP) is 4.27. The molecular formula is C24H33Cl2N5O4S. The minimum absolute atomic E-state index is 0.213. The van der Waals surface area contributed by atoms with E-state index >= 15 is 0 Å². The average Bonchev–Trinajstić information content (AvgIpc) is 3.41. The highest BCUT2D eigenvalue weighted by atomic mass is 35.5. The first-order valence-corrected chi connectivity index (χ1v) is 13.9. The van der Waals surface area contributed by atoms with Crippen molar-refractivity contribution in [1.29, 1.82) is 0 Å². The molecule has 0 unspecified atom stereocenters. The molecule has 198 valence electrons. The number of methoxy groups -OCH3 is 1. The number of nitrogens with one attached hydrogen (secondary N) is 2. The fraction of sp³-hybridized carbons (Fsp3) is 0.625. The summed E-state index contributed by atoms with van der Waals surface area (Å²) in [6, 6.07) is -0.213. The standard InChI is InChI=1S/C24H33Cl2N5O4S/c1-4-35-23(33)21-16(12-30-9-6-5-7-10-30)29-24(36-21)31-11-8-15(17(13-31)34-3)28-22(32)20-19(26)18(25)14(2)27-20/h15,17,27H,4-13H2,1-3H3,(H,28,32)/t15-,17+/m0/s1. The number of carbonyl (C=O) groups excluding carboxylic acids is 2. The summed E-state index contributed by atoms with van der Waals surface area (Å²) < 4.78 is 11.1. The van der Waals surface area contributed by atoms with Crippen molar-refractivity contribution in [2.24, 2.45) is 0 Å². The van der Waals surface area contributed by atoms with Crippen LogP contribution in [-0.4, -0.2) is 78.8 Å². The Bertz CT molecular complexity index is 1080.